The lowest BCUT2D eigenvalue weighted by Crippen LogP contribution is -2.29. The minimum absolute atomic E-state index is 0.666. The second-order valence-electron chi connectivity index (χ2n) is 5.66. The molecule has 0 amide bonds. The van der Waals surface area contributed by atoms with Gasteiger partial charge in [0.05, 0.1) is 11.4 Å². The average molecular weight is 247 g/mol. The van der Waals surface area contributed by atoms with Gasteiger partial charge in [-0.1, -0.05) is 12.1 Å². The third-order valence-electron chi connectivity index (χ3n) is 3.95. The van der Waals surface area contributed by atoms with E-state index in [2.05, 4.69) is 49.2 Å². The Morgan fingerprint density at radius 3 is 2.89 bits per heavy atom. The molecule has 1 aliphatic rings. The number of anilines is 2. The van der Waals surface area contributed by atoms with Crippen molar-refractivity contribution in [3.05, 3.63) is 23.8 Å². The van der Waals surface area contributed by atoms with Crippen molar-refractivity contribution in [2.24, 2.45) is 5.92 Å². The van der Waals surface area contributed by atoms with Crippen LogP contribution < -0.4 is 11.1 Å². The molecule has 1 aliphatic heterocycles. The molecule has 1 heterocycles. The first kappa shape index (κ1) is 13.2. The number of aryl methyl sites for hydroxylation is 1. The summed E-state index contributed by atoms with van der Waals surface area (Å²) in [4.78, 5) is 2.55. The SMILES string of the molecule is Cc1cccc(NCC2CCN(C(C)C)C2)c1N. The molecule has 1 aromatic carbocycles. The first-order valence-corrected chi connectivity index (χ1v) is 6.91. The van der Waals surface area contributed by atoms with Gasteiger partial charge >= 0.3 is 0 Å². The molecule has 3 nitrogen and oxygen atoms in total. The predicted molar refractivity (Wildman–Crippen MR) is 78.9 cm³/mol. The molecule has 1 saturated heterocycles. The Kier molecular flexibility index (Phi) is 4.12. The normalized spacial score (nSPS) is 20.6. The quantitative estimate of drug-likeness (QED) is 0.804. The van der Waals surface area contributed by atoms with Gasteiger partial charge in [-0.05, 0) is 51.3 Å². The van der Waals surface area contributed by atoms with E-state index < -0.39 is 0 Å². The third-order valence-corrected chi connectivity index (χ3v) is 3.95. The molecule has 0 bridgehead atoms. The number of benzene rings is 1. The van der Waals surface area contributed by atoms with Crippen molar-refractivity contribution in [3.8, 4) is 0 Å². The highest BCUT2D eigenvalue weighted by atomic mass is 15.2. The van der Waals surface area contributed by atoms with Gasteiger partial charge in [0.15, 0.2) is 0 Å². The molecule has 1 unspecified atom stereocenters. The fraction of sp³-hybridized carbons (Fsp3) is 0.600. The van der Waals surface area contributed by atoms with Gasteiger partial charge in [0.25, 0.3) is 0 Å². The zero-order valence-electron chi connectivity index (χ0n) is 11.7. The molecule has 0 aliphatic carbocycles. The van der Waals surface area contributed by atoms with Crippen LogP contribution in [0, 0.1) is 12.8 Å². The molecule has 3 heteroatoms. The minimum Gasteiger partial charge on any atom is -0.397 e. The second-order valence-corrected chi connectivity index (χ2v) is 5.66. The van der Waals surface area contributed by atoms with Gasteiger partial charge in [0.1, 0.15) is 0 Å². The monoisotopic (exact) mass is 247 g/mol. The Bertz CT molecular complexity index is 401. The summed E-state index contributed by atoms with van der Waals surface area (Å²) in [7, 11) is 0. The molecular formula is C15H25N3. The maximum absolute atomic E-state index is 6.07. The molecule has 0 radical (unpaired) electrons. The summed E-state index contributed by atoms with van der Waals surface area (Å²) in [6.07, 6.45) is 1.29. The standard InChI is InChI=1S/C15H25N3/c1-11(2)18-8-7-13(10-18)9-17-14-6-4-5-12(3)15(14)16/h4-6,11,13,17H,7-10,16H2,1-3H3. The van der Waals surface area contributed by atoms with Crippen LogP contribution in [0.5, 0.6) is 0 Å². The van der Waals surface area contributed by atoms with E-state index in [-0.39, 0.29) is 0 Å². The van der Waals surface area contributed by atoms with Crippen LogP contribution in [-0.2, 0) is 0 Å². The number of para-hydroxylation sites is 1. The van der Waals surface area contributed by atoms with Crippen LogP contribution >= 0.6 is 0 Å². The number of nitrogens with zero attached hydrogens (tertiary/aromatic N) is 1. The van der Waals surface area contributed by atoms with Crippen LogP contribution in [0.1, 0.15) is 25.8 Å². The summed E-state index contributed by atoms with van der Waals surface area (Å²) < 4.78 is 0. The molecule has 1 fully saturated rings. The number of hydrogen-bond donors (Lipinski definition) is 2. The highest BCUT2D eigenvalue weighted by Crippen LogP contribution is 2.24. The lowest BCUT2D eigenvalue weighted by Gasteiger charge is -2.20. The van der Waals surface area contributed by atoms with E-state index in [9.17, 15) is 0 Å². The van der Waals surface area contributed by atoms with Gasteiger partial charge in [0, 0.05) is 19.1 Å². The van der Waals surface area contributed by atoms with Crippen molar-refractivity contribution >= 4 is 11.4 Å². The Balaban J connectivity index is 1.87. The van der Waals surface area contributed by atoms with Crippen LogP contribution in [0.15, 0.2) is 18.2 Å². The molecule has 100 valence electrons. The van der Waals surface area contributed by atoms with Crippen molar-refractivity contribution in [2.75, 3.05) is 30.7 Å². The topological polar surface area (TPSA) is 41.3 Å². The molecule has 18 heavy (non-hydrogen) atoms. The van der Waals surface area contributed by atoms with E-state index in [4.69, 9.17) is 5.73 Å². The zero-order valence-corrected chi connectivity index (χ0v) is 11.7. The number of hydrogen-bond acceptors (Lipinski definition) is 3. The molecule has 0 aromatic heterocycles. The van der Waals surface area contributed by atoms with Crippen LogP contribution in [0.25, 0.3) is 0 Å². The van der Waals surface area contributed by atoms with Crippen molar-refractivity contribution in [1.29, 1.82) is 0 Å². The van der Waals surface area contributed by atoms with Crippen molar-refractivity contribution in [1.82, 2.24) is 4.90 Å². The molecule has 0 saturated carbocycles. The smallest absolute Gasteiger partial charge is 0.0579 e. The van der Waals surface area contributed by atoms with E-state index >= 15 is 0 Å². The van der Waals surface area contributed by atoms with Gasteiger partial charge < -0.3 is 16.0 Å². The van der Waals surface area contributed by atoms with Crippen molar-refractivity contribution in [2.45, 2.75) is 33.2 Å². The first-order valence-electron chi connectivity index (χ1n) is 6.91. The van der Waals surface area contributed by atoms with Crippen molar-refractivity contribution in [3.63, 3.8) is 0 Å². The predicted octanol–water partition coefficient (Wildman–Crippen LogP) is 2.72. The van der Waals surface area contributed by atoms with Gasteiger partial charge in [-0.25, -0.2) is 0 Å². The summed E-state index contributed by atoms with van der Waals surface area (Å²) in [6.45, 7) is 10.1. The van der Waals surface area contributed by atoms with Gasteiger partial charge in [-0.15, -0.1) is 0 Å². The summed E-state index contributed by atoms with van der Waals surface area (Å²) in [6, 6.07) is 6.84. The van der Waals surface area contributed by atoms with E-state index in [0.29, 0.717) is 6.04 Å². The van der Waals surface area contributed by atoms with Crippen molar-refractivity contribution < 1.29 is 0 Å². The Labute approximate surface area is 110 Å². The maximum Gasteiger partial charge on any atom is 0.0579 e. The fourth-order valence-electron chi connectivity index (χ4n) is 2.59. The highest BCUT2D eigenvalue weighted by Gasteiger charge is 2.23. The zero-order chi connectivity index (χ0) is 13.1. The van der Waals surface area contributed by atoms with Crippen LogP contribution in [0.3, 0.4) is 0 Å². The molecule has 1 atom stereocenters. The van der Waals surface area contributed by atoms with Crippen LogP contribution in [0.4, 0.5) is 11.4 Å². The number of likely N-dealkylation sites (tertiary alicyclic amines) is 1. The summed E-state index contributed by atoms with van der Waals surface area (Å²) in [5.41, 5.74) is 9.19. The Hall–Kier alpha value is -1.22. The molecule has 2 rings (SSSR count). The number of nitrogens with two attached hydrogens (primary N) is 1. The van der Waals surface area contributed by atoms with Gasteiger partial charge in [0.2, 0.25) is 0 Å². The van der Waals surface area contributed by atoms with E-state index in [0.717, 1.165) is 29.4 Å². The molecular weight excluding hydrogens is 222 g/mol. The second kappa shape index (κ2) is 5.61. The Morgan fingerprint density at radius 1 is 1.44 bits per heavy atom. The number of nitrogens with one attached hydrogen (secondary N) is 1. The maximum atomic E-state index is 6.07. The third kappa shape index (κ3) is 2.96. The minimum atomic E-state index is 0.666. The number of rotatable bonds is 4. The molecule has 3 N–H and O–H groups in total. The van der Waals surface area contributed by atoms with E-state index in [1.54, 1.807) is 0 Å². The molecule has 0 spiro atoms. The van der Waals surface area contributed by atoms with Gasteiger partial charge in [-0.3, -0.25) is 0 Å². The number of nitrogen functional groups attached to an aromatic ring is 1. The highest BCUT2D eigenvalue weighted by molar-refractivity contribution is 5.69. The van der Waals surface area contributed by atoms with E-state index in [1.165, 1.54) is 19.5 Å². The average Bonchev–Trinajstić information content (AvgIpc) is 2.80. The lowest BCUT2D eigenvalue weighted by atomic mass is 10.1. The largest absolute Gasteiger partial charge is 0.397 e. The van der Waals surface area contributed by atoms with E-state index in [1.807, 2.05) is 0 Å². The first-order chi connectivity index (χ1) is 8.58. The summed E-state index contributed by atoms with van der Waals surface area (Å²) >= 11 is 0. The Morgan fingerprint density at radius 2 is 2.22 bits per heavy atom. The van der Waals surface area contributed by atoms with Crippen LogP contribution in [0.2, 0.25) is 0 Å². The van der Waals surface area contributed by atoms with Crippen LogP contribution in [-0.4, -0.2) is 30.6 Å². The summed E-state index contributed by atoms with van der Waals surface area (Å²) in [5, 5.41) is 3.50. The lowest BCUT2D eigenvalue weighted by molar-refractivity contribution is 0.266. The summed E-state index contributed by atoms with van der Waals surface area (Å²) in [5.74, 6) is 0.743. The fourth-order valence-corrected chi connectivity index (χ4v) is 2.59. The van der Waals surface area contributed by atoms with Gasteiger partial charge in [-0.2, -0.15) is 0 Å². The molecule has 1 aromatic rings.